The molecule has 1 aromatic carbocycles. The van der Waals surface area contributed by atoms with E-state index >= 15 is 0 Å². The summed E-state index contributed by atoms with van der Waals surface area (Å²) in [5.74, 6) is 1.99. The van der Waals surface area contributed by atoms with Gasteiger partial charge in [-0.25, -0.2) is 4.98 Å². The van der Waals surface area contributed by atoms with Gasteiger partial charge in [-0.3, -0.25) is 0 Å². The third kappa shape index (κ3) is 2.89. The topological polar surface area (TPSA) is 29.0 Å². The van der Waals surface area contributed by atoms with Crippen molar-refractivity contribution >= 4 is 40.1 Å². The standard InChI is InChI=1S/C13H11ClF3N3S/c14-12-18-9-3-1-2-8(13(15,16)17)10(9)11(19-12)20-4-6-21-7-5-20/h1-3H,4-7H2. The first-order chi connectivity index (χ1) is 9.97. The predicted molar refractivity (Wildman–Crippen MR) is 79.1 cm³/mol. The Morgan fingerprint density at radius 3 is 2.52 bits per heavy atom. The summed E-state index contributed by atoms with van der Waals surface area (Å²) in [7, 11) is 0. The zero-order chi connectivity index (χ0) is 15.0. The van der Waals surface area contributed by atoms with E-state index in [9.17, 15) is 13.2 Å². The lowest BCUT2D eigenvalue weighted by Gasteiger charge is -2.29. The zero-order valence-corrected chi connectivity index (χ0v) is 12.4. The molecule has 8 heteroatoms. The van der Waals surface area contributed by atoms with Gasteiger partial charge in [0.15, 0.2) is 0 Å². The van der Waals surface area contributed by atoms with Gasteiger partial charge >= 0.3 is 6.18 Å². The molecule has 1 saturated heterocycles. The van der Waals surface area contributed by atoms with Crippen molar-refractivity contribution in [3.05, 3.63) is 29.0 Å². The molecule has 1 fully saturated rings. The lowest BCUT2D eigenvalue weighted by atomic mass is 10.1. The summed E-state index contributed by atoms with van der Waals surface area (Å²) in [4.78, 5) is 9.85. The summed E-state index contributed by atoms with van der Waals surface area (Å²) >= 11 is 7.65. The average molecular weight is 334 g/mol. The number of benzene rings is 1. The van der Waals surface area contributed by atoms with Gasteiger partial charge in [0.1, 0.15) is 5.82 Å². The minimum Gasteiger partial charge on any atom is -0.354 e. The van der Waals surface area contributed by atoms with Crippen LogP contribution in [0, 0.1) is 0 Å². The molecule has 0 spiro atoms. The number of thioether (sulfide) groups is 1. The van der Waals surface area contributed by atoms with Gasteiger partial charge in [-0.1, -0.05) is 6.07 Å². The van der Waals surface area contributed by atoms with Crippen LogP contribution in [0.15, 0.2) is 18.2 Å². The quantitative estimate of drug-likeness (QED) is 0.741. The first-order valence-corrected chi connectivity index (χ1v) is 7.86. The number of halogens is 4. The van der Waals surface area contributed by atoms with Gasteiger partial charge in [0.2, 0.25) is 5.28 Å². The fourth-order valence-electron chi connectivity index (χ4n) is 2.38. The SMILES string of the molecule is FC(F)(F)c1cccc2nc(Cl)nc(N3CCSCC3)c12. The van der Waals surface area contributed by atoms with E-state index in [1.165, 1.54) is 12.1 Å². The van der Waals surface area contributed by atoms with Crippen LogP contribution in [0.3, 0.4) is 0 Å². The third-order valence-electron chi connectivity index (χ3n) is 3.29. The maximum atomic E-state index is 13.3. The number of hydrogen-bond acceptors (Lipinski definition) is 4. The number of hydrogen-bond donors (Lipinski definition) is 0. The highest BCUT2D eigenvalue weighted by molar-refractivity contribution is 7.99. The Morgan fingerprint density at radius 2 is 1.86 bits per heavy atom. The molecule has 0 atom stereocenters. The van der Waals surface area contributed by atoms with E-state index < -0.39 is 11.7 Å². The largest absolute Gasteiger partial charge is 0.417 e. The first kappa shape index (κ1) is 14.7. The number of fused-ring (bicyclic) bond motifs is 1. The van der Waals surface area contributed by atoms with Gasteiger partial charge < -0.3 is 4.90 Å². The molecule has 0 N–H and O–H groups in total. The second-order valence-electron chi connectivity index (χ2n) is 4.61. The molecule has 112 valence electrons. The molecule has 0 unspecified atom stereocenters. The van der Waals surface area contributed by atoms with Gasteiger partial charge in [-0.2, -0.15) is 29.9 Å². The average Bonchev–Trinajstić information content (AvgIpc) is 2.45. The number of rotatable bonds is 1. The van der Waals surface area contributed by atoms with Gasteiger partial charge in [-0.05, 0) is 23.7 Å². The van der Waals surface area contributed by atoms with E-state index in [0.717, 1.165) is 17.6 Å². The van der Waals surface area contributed by atoms with Gasteiger partial charge in [-0.15, -0.1) is 0 Å². The molecule has 0 radical (unpaired) electrons. The highest BCUT2D eigenvalue weighted by Crippen LogP contribution is 2.38. The maximum absolute atomic E-state index is 13.3. The molecule has 0 saturated carbocycles. The minimum absolute atomic E-state index is 0.0290. The van der Waals surface area contributed by atoms with Gasteiger partial charge in [0.25, 0.3) is 0 Å². The Kier molecular flexibility index (Phi) is 3.88. The number of alkyl halides is 3. The summed E-state index contributed by atoms with van der Waals surface area (Å²) in [6, 6.07) is 3.92. The van der Waals surface area contributed by atoms with Crippen LogP contribution in [-0.4, -0.2) is 34.6 Å². The van der Waals surface area contributed by atoms with Crippen LogP contribution in [-0.2, 0) is 6.18 Å². The Morgan fingerprint density at radius 1 is 1.14 bits per heavy atom. The normalized spacial score (nSPS) is 16.5. The molecular weight excluding hydrogens is 323 g/mol. The second kappa shape index (κ2) is 5.53. The number of nitrogens with zero attached hydrogens (tertiary/aromatic N) is 3. The monoisotopic (exact) mass is 333 g/mol. The van der Waals surface area contributed by atoms with Crippen LogP contribution in [0.2, 0.25) is 5.28 Å². The van der Waals surface area contributed by atoms with Crippen LogP contribution in [0.5, 0.6) is 0 Å². The van der Waals surface area contributed by atoms with Crippen molar-refractivity contribution in [2.75, 3.05) is 29.5 Å². The predicted octanol–water partition coefficient (Wildman–Crippen LogP) is 3.86. The van der Waals surface area contributed by atoms with E-state index in [-0.39, 0.29) is 22.0 Å². The molecule has 0 amide bonds. The molecule has 1 aromatic heterocycles. The molecule has 3 nitrogen and oxygen atoms in total. The summed E-state index contributed by atoms with van der Waals surface area (Å²) in [6.45, 7) is 1.30. The van der Waals surface area contributed by atoms with Crippen molar-refractivity contribution in [1.82, 2.24) is 9.97 Å². The molecule has 0 aliphatic carbocycles. The Balaban J connectivity index is 2.26. The van der Waals surface area contributed by atoms with Crippen LogP contribution in [0.4, 0.5) is 19.0 Å². The Bertz CT molecular complexity index is 671. The van der Waals surface area contributed by atoms with E-state index in [4.69, 9.17) is 11.6 Å². The minimum atomic E-state index is -4.45. The number of anilines is 1. The maximum Gasteiger partial charge on any atom is 0.417 e. The Labute approximate surface area is 128 Å². The van der Waals surface area contributed by atoms with E-state index in [0.29, 0.717) is 13.1 Å². The zero-order valence-electron chi connectivity index (χ0n) is 10.8. The van der Waals surface area contributed by atoms with Crippen LogP contribution >= 0.6 is 23.4 Å². The third-order valence-corrected chi connectivity index (χ3v) is 4.40. The fraction of sp³-hybridized carbons (Fsp3) is 0.385. The summed E-state index contributed by atoms with van der Waals surface area (Å²) < 4.78 is 39.8. The van der Waals surface area contributed by atoms with Crippen molar-refractivity contribution in [3.63, 3.8) is 0 Å². The number of aromatic nitrogens is 2. The van der Waals surface area contributed by atoms with Crippen molar-refractivity contribution < 1.29 is 13.2 Å². The summed E-state index contributed by atoms with van der Waals surface area (Å²) in [5, 5.41) is -0.00338. The van der Waals surface area contributed by atoms with Gasteiger partial charge in [0.05, 0.1) is 16.5 Å². The summed E-state index contributed by atoms with van der Waals surface area (Å²) in [6.07, 6.45) is -4.45. The van der Waals surface area contributed by atoms with Crippen molar-refractivity contribution in [1.29, 1.82) is 0 Å². The molecule has 21 heavy (non-hydrogen) atoms. The molecule has 1 aliphatic rings. The van der Waals surface area contributed by atoms with Crippen molar-refractivity contribution in [2.24, 2.45) is 0 Å². The second-order valence-corrected chi connectivity index (χ2v) is 6.18. The molecule has 3 rings (SSSR count). The van der Waals surface area contributed by atoms with Gasteiger partial charge in [0, 0.05) is 24.6 Å². The summed E-state index contributed by atoms with van der Waals surface area (Å²) in [5.41, 5.74) is -0.497. The lowest BCUT2D eigenvalue weighted by molar-refractivity contribution is -0.136. The van der Waals surface area contributed by atoms with Crippen LogP contribution < -0.4 is 4.90 Å². The van der Waals surface area contributed by atoms with Crippen LogP contribution in [0.1, 0.15) is 5.56 Å². The molecule has 2 heterocycles. The van der Waals surface area contributed by atoms with Crippen molar-refractivity contribution in [2.45, 2.75) is 6.18 Å². The van der Waals surface area contributed by atoms with E-state index in [2.05, 4.69) is 9.97 Å². The Hall–Kier alpha value is -1.21. The first-order valence-electron chi connectivity index (χ1n) is 6.33. The highest BCUT2D eigenvalue weighted by atomic mass is 35.5. The smallest absolute Gasteiger partial charge is 0.354 e. The van der Waals surface area contributed by atoms with E-state index in [1.54, 1.807) is 11.8 Å². The van der Waals surface area contributed by atoms with E-state index in [1.807, 2.05) is 4.90 Å². The molecule has 2 aromatic rings. The fourth-order valence-corrected chi connectivity index (χ4v) is 3.45. The van der Waals surface area contributed by atoms with Crippen molar-refractivity contribution in [3.8, 4) is 0 Å². The highest BCUT2D eigenvalue weighted by Gasteiger charge is 2.35. The molecular formula is C13H11ClF3N3S. The van der Waals surface area contributed by atoms with Crippen LogP contribution in [0.25, 0.3) is 10.9 Å². The lowest BCUT2D eigenvalue weighted by Crippen LogP contribution is -2.33. The molecule has 0 bridgehead atoms. The molecule has 1 aliphatic heterocycles.